The van der Waals surface area contributed by atoms with Gasteiger partial charge in [0.25, 0.3) is 0 Å². The summed E-state index contributed by atoms with van der Waals surface area (Å²) in [7, 11) is 0. The molecule has 0 N–H and O–H groups in total. The van der Waals surface area contributed by atoms with E-state index in [1.807, 2.05) is 28.4 Å². The fourth-order valence-corrected chi connectivity index (χ4v) is 7.38. The number of thioether (sulfide) groups is 1. The molecule has 0 bridgehead atoms. The van der Waals surface area contributed by atoms with Gasteiger partial charge in [-0.1, -0.05) is 60.3 Å². The summed E-state index contributed by atoms with van der Waals surface area (Å²) in [5.74, 6) is 1.46. The fraction of sp³-hybridized carbons (Fsp3) is 0.321. The molecule has 3 heterocycles. The molecule has 0 fully saturated rings. The number of aromatic nitrogens is 2. The molecule has 0 radical (unpaired) electrons. The zero-order chi connectivity index (χ0) is 22.9. The van der Waals surface area contributed by atoms with Gasteiger partial charge in [0.15, 0.2) is 0 Å². The number of aryl methyl sites for hydroxylation is 4. The molecule has 1 aliphatic carbocycles. The van der Waals surface area contributed by atoms with Gasteiger partial charge in [0.05, 0.1) is 5.75 Å². The monoisotopic (exact) mass is 485 g/mol. The Morgan fingerprint density at radius 3 is 2.68 bits per heavy atom. The first-order valence-corrected chi connectivity index (χ1v) is 13.9. The summed E-state index contributed by atoms with van der Waals surface area (Å²) >= 11 is 3.44. The number of fused-ring (bicyclic) bond motifs is 4. The van der Waals surface area contributed by atoms with Gasteiger partial charge in [0, 0.05) is 28.9 Å². The molecule has 0 saturated carbocycles. The first kappa shape index (κ1) is 21.8. The van der Waals surface area contributed by atoms with Crippen LogP contribution in [0.1, 0.15) is 40.2 Å². The lowest BCUT2D eigenvalue weighted by Gasteiger charge is -2.17. The highest BCUT2D eigenvalue weighted by Crippen LogP contribution is 2.40. The molecule has 0 unspecified atom stereocenters. The first-order valence-electron chi connectivity index (χ1n) is 12.1. The highest BCUT2D eigenvalue weighted by molar-refractivity contribution is 8.00. The summed E-state index contributed by atoms with van der Waals surface area (Å²) in [6.07, 6.45) is 7.39. The van der Waals surface area contributed by atoms with E-state index in [0.29, 0.717) is 5.75 Å². The van der Waals surface area contributed by atoms with Crippen molar-refractivity contribution in [3.8, 4) is 0 Å². The molecular formula is C28H27N3OS2. The van der Waals surface area contributed by atoms with Crippen LogP contribution < -0.4 is 4.90 Å². The molecule has 0 atom stereocenters. The van der Waals surface area contributed by atoms with Crippen LogP contribution in [0, 0.1) is 0 Å². The van der Waals surface area contributed by atoms with Gasteiger partial charge >= 0.3 is 0 Å². The maximum Gasteiger partial charge on any atom is 0.237 e. The van der Waals surface area contributed by atoms with Crippen LogP contribution in [0.25, 0.3) is 10.2 Å². The largest absolute Gasteiger partial charge is 0.311 e. The Balaban J connectivity index is 1.28. The van der Waals surface area contributed by atoms with Gasteiger partial charge in [-0.15, -0.1) is 11.3 Å². The summed E-state index contributed by atoms with van der Waals surface area (Å²) in [4.78, 5) is 27.7. The van der Waals surface area contributed by atoms with Crippen molar-refractivity contribution < 1.29 is 4.79 Å². The third kappa shape index (κ3) is 4.25. The third-order valence-corrected chi connectivity index (χ3v) is 8.97. The Hall–Kier alpha value is -2.70. The Morgan fingerprint density at radius 2 is 1.76 bits per heavy atom. The lowest BCUT2D eigenvalue weighted by atomic mass is 9.97. The summed E-state index contributed by atoms with van der Waals surface area (Å²) in [5.41, 5.74) is 5.06. The van der Waals surface area contributed by atoms with Crippen molar-refractivity contribution in [2.45, 2.75) is 50.0 Å². The molecule has 172 valence electrons. The second-order valence-electron chi connectivity index (χ2n) is 9.03. The number of hydrogen-bond donors (Lipinski definition) is 0. The van der Waals surface area contributed by atoms with Crippen molar-refractivity contribution in [2.24, 2.45) is 0 Å². The normalized spacial score (nSPS) is 14.9. The SMILES string of the molecule is O=C(CSc1nc(CCc2ccccc2)nc2sc3c(c12)CCCC3)N1CCc2ccccc21. The van der Waals surface area contributed by atoms with E-state index in [9.17, 15) is 4.79 Å². The van der Waals surface area contributed by atoms with E-state index < -0.39 is 0 Å². The standard InChI is InChI=1S/C28H27N3OS2/c32-25(31-17-16-20-10-4-6-12-22(20)31)18-33-27-26-21-11-5-7-13-23(21)34-28(26)30-24(29-27)15-14-19-8-2-1-3-9-19/h1-4,6,8-10,12H,5,7,11,13-18H2. The van der Waals surface area contributed by atoms with E-state index >= 15 is 0 Å². The molecule has 2 aromatic heterocycles. The number of benzene rings is 2. The van der Waals surface area contributed by atoms with E-state index in [1.54, 1.807) is 11.8 Å². The molecule has 34 heavy (non-hydrogen) atoms. The molecule has 2 aromatic carbocycles. The van der Waals surface area contributed by atoms with Gasteiger partial charge in [-0.25, -0.2) is 9.97 Å². The molecule has 6 rings (SSSR count). The number of nitrogens with zero attached hydrogens (tertiary/aromatic N) is 3. The minimum absolute atomic E-state index is 0.164. The summed E-state index contributed by atoms with van der Waals surface area (Å²) < 4.78 is 0. The Labute approximate surface area is 208 Å². The van der Waals surface area contributed by atoms with Gasteiger partial charge in [-0.2, -0.15) is 0 Å². The third-order valence-electron chi connectivity index (χ3n) is 6.83. The Kier molecular flexibility index (Phi) is 6.10. The van der Waals surface area contributed by atoms with Crippen LogP contribution in [-0.2, 0) is 36.9 Å². The summed E-state index contributed by atoms with van der Waals surface area (Å²) in [6, 6.07) is 18.8. The maximum absolute atomic E-state index is 13.2. The molecule has 4 aromatic rings. The number of carbonyl (C=O) groups is 1. The van der Waals surface area contributed by atoms with Crippen molar-refractivity contribution in [3.05, 3.63) is 82.0 Å². The average Bonchev–Trinajstić information content (AvgIpc) is 3.48. The van der Waals surface area contributed by atoms with Crippen molar-refractivity contribution in [1.82, 2.24) is 9.97 Å². The van der Waals surface area contributed by atoms with Crippen LogP contribution in [-0.4, -0.2) is 28.2 Å². The molecule has 1 amide bonds. The van der Waals surface area contributed by atoms with Crippen molar-refractivity contribution in [2.75, 3.05) is 17.2 Å². The number of thiophene rings is 1. The van der Waals surface area contributed by atoms with Crippen LogP contribution in [0.2, 0.25) is 0 Å². The van der Waals surface area contributed by atoms with Crippen molar-refractivity contribution in [3.63, 3.8) is 0 Å². The van der Waals surface area contributed by atoms with Gasteiger partial charge in [0.2, 0.25) is 5.91 Å². The van der Waals surface area contributed by atoms with Gasteiger partial charge in [-0.3, -0.25) is 4.79 Å². The quantitative estimate of drug-likeness (QED) is 0.247. The van der Waals surface area contributed by atoms with Crippen LogP contribution in [0.4, 0.5) is 5.69 Å². The zero-order valence-corrected chi connectivity index (χ0v) is 20.8. The lowest BCUT2D eigenvalue weighted by Crippen LogP contribution is -2.30. The molecule has 2 aliphatic rings. The predicted octanol–water partition coefficient (Wildman–Crippen LogP) is 6.04. The second kappa shape index (κ2) is 9.51. The average molecular weight is 486 g/mol. The first-order chi connectivity index (χ1) is 16.8. The second-order valence-corrected chi connectivity index (χ2v) is 11.1. The van der Waals surface area contributed by atoms with E-state index in [4.69, 9.17) is 9.97 Å². The number of rotatable bonds is 6. The van der Waals surface area contributed by atoms with Crippen LogP contribution >= 0.6 is 23.1 Å². The van der Waals surface area contributed by atoms with E-state index in [2.05, 4.69) is 42.5 Å². The summed E-state index contributed by atoms with van der Waals surface area (Å²) in [6.45, 7) is 0.772. The predicted molar refractivity (Wildman–Crippen MR) is 141 cm³/mol. The van der Waals surface area contributed by atoms with E-state index in [1.165, 1.54) is 39.8 Å². The zero-order valence-electron chi connectivity index (χ0n) is 19.1. The smallest absolute Gasteiger partial charge is 0.237 e. The topological polar surface area (TPSA) is 46.1 Å². The maximum atomic E-state index is 13.2. The minimum atomic E-state index is 0.164. The van der Waals surface area contributed by atoms with Crippen molar-refractivity contribution >= 4 is 44.9 Å². The Morgan fingerprint density at radius 1 is 0.941 bits per heavy atom. The van der Waals surface area contributed by atoms with Gasteiger partial charge < -0.3 is 4.90 Å². The fourth-order valence-electron chi connectivity index (χ4n) is 5.09. The molecule has 1 aliphatic heterocycles. The molecule has 0 spiro atoms. The number of para-hydroxylation sites is 1. The van der Waals surface area contributed by atoms with Crippen LogP contribution in [0.15, 0.2) is 59.6 Å². The van der Waals surface area contributed by atoms with Gasteiger partial charge in [-0.05, 0) is 61.3 Å². The molecule has 6 heteroatoms. The lowest BCUT2D eigenvalue weighted by molar-refractivity contribution is -0.116. The highest BCUT2D eigenvalue weighted by atomic mass is 32.2. The number of hydrogen-bond acceptors (Lipinski definition) is 5. The van der Waals surface area contributed by atoms with E-state index in [-0.39, 0.29) is 5.91 Å². The van der Waals surface area contributed by atoms with Gasteiger partial charge in [0.1, 0.15) is 15.7 Å². The molecule has 4 nitrogen and oxygen atoms in total. The van der Waals surface area contributed by atoms with Crippen LogP contribution in [0.3, 0.4) is 0 Å². The number of anilines is 1. The molecular weight excluding hydrogens is 458 g/mol. The van der Waals surface area contributed by atoms with E-state index in [0.717, 1.165) is 60.0 Å². The minimum Gasteiger partial charge on any atom is -0.311 e. The number of amides is 1. The number of carbonyl (C=O) groups excluding carboxylic acids is 1. The molecule has 0 saturated heterocycles. The Bertz CT molecular complexity index is 1350. The summed E-state index contributed by atoms with van der Waals surface area (Å²) in [5, 5.41) is 2.20. The highest BCUT2D eigenvalue weighted by Gasteiger charge is 2.26. The van der Waals surface area contributed by atoms with Crippen molar-refractivity contribution in [1.29, 1.82) is 0 Å². The van der Waals surface area contributed by atoms with Crippen LogP contribution in [0.5, 0.6) is 0 Å².